The fourth-order valence-electron chi connectivity index (χ4n) is 3.09. The molecule has 0 aliphatic rings. The number of aromatic nitrogens is 1. The van der Waals surface area contributed by atoms with Crippen LogP contribution in [0.2, 0.25) is 0 Å². The molecule has 1 aromatic heterocycles. The van der Waals surface area contributed by atoms with Crippen LogP contribution in [0.4, 0.5) is 0 Å². The van der Waals surface area contributed by atoms with Crippen LogP contribution in [0.5, 0.6) is 0 Å². The van der Waals surface area contributed by atoms with E-state index < -0.39 is 36.3 Å². The van der Waals surface area contributed by atoms with Crippen molar-refractivity contribution in [2.45, 2.75) is 18.9 Å². The van der Waals surface area contributed by atoms with E-state index in [0.29, 0.717) is 11.1 Å². The number of carbonyl (C=O) groups is 3. The van der Waals surface area contributed by atoms with Crippen LogP contribution in [-0.4, -0.2) is 34.4 Å². The number of benzene rings is 2. The zero-order valence-electron chi connectivity index (χ0n) is 16.2. The lowest BCUT2D eigenvalue weighted by molar-refractivity contribution is -0.142. The van der Waals surface area contributed by atoms with Gasteiger partial charge in [0.15, 0.2) is 6.04 Å². The Morgan fingerprint density at radius 3 is 2.40 bits per heavy atom. The maximum Gasteiger partial charge on any atom is 0.330 e. The molecular weight excluding hydrogens is 386 g/mol. The van der Waals surface area contributed by atoms with Gasteiger partial charge < -0.3 is 20.7 Å². The lowest BCUT2D eigenvalue weighted by Gasteiger charge is -2.16. The average Bonchev–Trinajstić information content (AvgIpc) is 2.75. The topological polar surface area (TPSA) is 128 Å². The standard InChI is InChI=1S/C22H21N3O5/c1-13(16-11-15-9-5-6-10-17(15)24-21(16)28)20(27)23-12-18(26)25-19(22(29)30)14-7-3-2-4-8-14/h2-11,13,19H,12H2,1H3,(H,23,27)(H,24,28)(H,25,26)(H,29,30)/t13?,19-/m0/s1. The van der Waals surface area contributed by atoms with Crippen LogP contribution < -0.4 is 16.2 Å². The van der Waals surface area contributed by atoms with Crippen LogP contribution in [0.15, 0.2) is 65.5 Å². The Morgan fingerprint density at radius 1 is 1.03 bits per heavy atom. The summed E-state index contributed by atoms with van der Waals surface area (Å²) in [4.78, 5) is 51.2. The van der Waals surface area contributed by atoms with E-state index in [1.54, 1.807) is 55.5 Å². The van der Waals surface area contributed by atoms with Crippen LogP contribution in [0.25, 0.3) is 10.9 Å². The smallest absolute Gasteiger partial charge is 0.330 e. The number of carbonyl (C=O) groups excluding carboxylic acids is 2. The molecule has 3 rings (SSSR count). The Balaban J connectivity index is 1.64. The van der Waals surface area contributed by atoms with E-state index in [4.69, 9.17) is 0 Å². The second kappa shape index (κ2) is 9.04. The van der Waals surface area contributed by atoms with Gasteiger partial charge in [0.25, 0.3) is 5.56 Å². The number of hydrogen-bond donors (Lipinski definition) is 4. The van der Waals surface area contributed by atoms with Gasteiger partial charge in [-0.3, -0.25) is 14.4 Å². The number of amides is 2. The van der Waals surface area contributed by atoms with E-state index in [0.717, 1.165) is 5.39 Å². The van der Waals surface area contributed by atoms with Crippen molar-refractivity contribution in [1.29, 1.82) is 0 Å². The summed E-state index contributed by atoms with van der Waals surface area (Å²) < 4.78 is 0. The molecule has 8 heteroatoms. The van der Waals surface area contributed by atoms with Crippen molar-refractivity contribution < 1.29 is 19.5 Å². The van der Waals surface area contributed by atoms with Crippen molar-refractivity contribution in [3.05, 3.63) is 82.1 Å². The van der Waals surface area contributed by atoms with Crippen molar-refractivity contribution in [2.75, 3.05) is 6.54 Å². The van der Waals surface area contributed by atoms with E-state index in [9.17, 15) is 24.3 Å². The first-order chi connectivity index (χ1) is 14.4. The van der Waals surface area contributed by atoms with Crippen molar-refractivity contribution in [3.63, 3.8) is 0 Å². The molecule has 3 aromatic rings. The summed E-state index contributed by atoms with van der Waals surface area (Å²) in [5.74, 6) is -3.18. The summed E-state index contributed by atoms with van der Waals surface area (Å²) in [6.45, 7) is 1.15. The van der Waals surface area contributed by atoms with E-state index in [2.05, 4.69) is 15.6 Å². The van der Waals surface area contributed by atoms with Gasteiger partial charge in [0.1, 0.15) is 0 Å². The molecule has 154 valence electrons. The van der Waals surface area contributed by atoms with Crippen LogP contribution in [-0.2, 0) is 14.4 Å². The number of nitrogens with one attached hydrogen (secondary N) is 3. The molecule has 0 radical (unpaired) electrons. The first-order valence-corrected chi connectivity index (χ1v) is 9.33. The molecule has 0 saturated heterocycles. The molecule has 2 atom stereocenters. The molecule has 0 aliphatic heterocycles. The van der Waals surface area contributed by atoms with Gasteiger partial charge in [0.2, 0.25) is 11.8 Å². The van der Waals surface area contributed by atoms with Gasteiger partial charge in [-0.25, -0.2) is 4.79 Å². The summed E-state index contributed by atoms with van der Waals surface area (Å²) in [7, 11) is 0. The Morgan fingerprint density at radius 2 is 1.70 bits per heavy atom. The molecule has 1 heterocycles. The van der Waals surface area contributed by atoms with Gasteiger partial charge in [-0.2, -0.15) is 0 Å². The summed E-state index contributed by atoms with van der Waals surface area (Å²) >= 11 is 0. The molecule has 4 N–H and O–H groups in total. The lowest BCUT2D eigenvalue weighted by Crippen LogP contribution is -2.42. The van der Waals surface area contributed by atoms with Crippen LogP contribution in [0, 0.1) is 0 Å². The van der Waals surface area contributed by atoms with Gasteiger partial charge in [0, 0.05) is 11.1 Å². The van der Waals surface area contributed by atoms with Gasteiger partial charge >= 0.3 is 5.97 Å². The number of aliphatic carboxylic acids is 1. The molecule has 8 nitrogen and oxygen atoms in total. The lowest BCUT2D eigenvalue weighted by atomic mass is 10.00. The van der Waals surface area contributed by atoms with Crippen molar-refractivity contribution in [2.24, 2.45) is 0 Å². The van der Waals surface area contributed by atoms with Crippen LogP contribution >= 0.6 is 0 Å². The van der Waals surface area contributed by atoms with Crippen molar-refractivity contribution >= 4 is 28.7 Å². The SMILES string of the molecule is CC(C(=O)NCC(=O)N[C@H](C(=O)O)c1ccccc1)c1cc2ccccc2[nH]c1=O. The fraction of sp³-hybridized carbons (Fsp3) is 0.182. The molecule has 2 amide bonds. The summed E-state index contributed by atoms with van der Waals surface area (Å²) in [6, 6.07) is 15.9. The number of rotatable bonds is 7. The number of para-hydroxylation sites is 1. The first kappa shape index (κ1) is 20.8. The maximum absolute atomic E-state index is 12.5. The predicted molar refractivity (Wildman–Crippen MR) is 111 cm³/mol. The number of carboxylic acids is 1. The summed E-state index contributed by atoms with van der Waals surface area (Å²) in [5, 5.41) is 15.0. The third kappa shape index (κ3) is 4.72. The minimum atomic E-state index is -1.23. The van der Waals surface area contributed by atoms with Gasteiger partial charge in [0.05, 0.1) is 12.5 Å². The molecule has 30 heavy (non-hydrogen) atoms. The Labute approximate surface area is 171 Å². The molecule has 0 bridgehead atoms. The highest BCUT2D eigenvalue weighted by Crippen LogP contribution is 2.17. The highest BCUT2D eigenvalue weighted by atomic mass is 16.4. The Hall–Kier alpha value is -3.94. The Kier molecular flexibility index (Phi) is 6.26. The van der Waals surface area contributed by atoms with E-state index in [1.165, 1.54) is 0 Å². The predicted octanol–water partition coefficient (Wildman–Crippen LogP) is 1.69. The molecule has 0 fully saturated rings. The average molecular weight is 407 g/mol. The zero-order valence-corrected chi connectivity index (χ0v) is 16.2. The number of pyridine rings is 1. The van der Waals surface area contributed by atoms with Crippen molar-refractivity contribution in [1.82, 2.24) is 15.6 Å². The minimum absolute atomic E-state index is 0.277. The van der Waals surface area contributed by atoms with E-state index in [-0.39, 0.29) is 11.1 Å². The third-order valence-electron chi connectivity index (χ3n) is 4.75. The summed E-state index contributed by atoms with van der Waals surface area (Å²) in [5.41, 5.74) is 0.981. The normalized spacial score (nSPS) is 12.7. The second-order valence-electron chi connectivity index (χ2n) is 6.83. The highest BCUT2D eigenvalue weighted by Gasteiger charge is 2.23. The molecule has 0 aliphatic carbocycles. The van der Waals surface area contributed by atoms with E-state index >= 15 is 0 Å². The number of fused-ring (bicyclic) bond motifs is 1. The van der Waals surface area contributed by atoms with Gasteiger partial charge in [-0.15, -0.1) is 0 Å². The van der Waals surface area contributed by atoms with E-state index in [1.807, 2.05) is 12.1 Å². The number of carboxylic acid groups (broad SMARTS) is 1. The first-order valence-electron chi connectivity index (χ1n) is 9.33. The molecular formula is C22H21N3O5. The fourth-order valence-corrected chi connectivity index (χ4v) is 3.09. The maximum atomic E-state index is 12.5. The number of H-pyrrole nitrogens is 1. The third-order valence-corrected chi connectivity index (χ3v) is 4.75. The molecule has 0 spiro atoms. The zero-order chi connectivity index (χ0) is 21.7. The molecule has 2 aromatic carbocycles. The van der Waals surface area contributed by atoms with Crippen molar-refractivity contribution in [3.8, 4) is 0 Å². The quantitative estimate of drug-likeness (QED) is 0.474. The minimum Gasteiger partial charge on any atom is -0.479 e. The Bertz CT molecular complexity index is 1140. The van der Waals surface area contributed by atoms with Crippen LogP contribution in [0.1, 0.15) is 30.0 Å². The number of hydrogen-bond acceptors (Lipinski definition) is 4. The largest absolute Gasteiger partial charge is 0.479 e. The van der Waals surface area contributed by atoms with Gasteiger partial charge in [-0.1, -0.05) is 48.5 Å². The molecule has 0 saturated carbocycles. The monoisotopic (exact) mass is 407 g/mol. The highest BCUT2D eigenvalue weighted by molar-refractivity contribution is 5.91. The molecule has 1 unspecified atom stereocenters. The number of aromatic amines is 1. The van der Waals surface area contributed by atoms with Gasteiger partial charge in [-0.05, 0) is 30.0 Å². The summed E-state index contributed by atoms with van der Waals surface area (Å²) in [6.07, 6.45) is 0. The second-order valence-corrected chi connectivity index (χ2v) is 6.83. The van der Waals surface area contributed by atoms with Crippen LogP contribution in [0.3, 0.4) is 0 Å².